The second-order valence-corrected chi connectivity index (χ2v) is 3.57. The van der Waals surface area contributed by atoms with Gasteiger partial charge in [0.25, 0.3) is 0 Å². The molecular weight excluding hydrogens is 279 g/mol. The van der Waals surface area contributed by atoms with E-state index in [9.17, 15) is 9.18 Å². The van der Waals surface area contributed by atoms with Crippen LogP contribution in [0.1, 0.15) is 22.8 Å². The number of esters is 1. The summed E-state index contributed by atoms with van der Waals surface area (Å²) in [7, 11) is 1.38. The van der Waals surface area contributed by atoms with Crippen LogP contribution in [-0.2, 0) is 10.1 Å². The van der Waals surface area contributed by atoms with Gasteiger partial charge in [0.1, 0.15) is 17.1 Å². The van der Waals surface area contributed by atoms with Gasteiger partial charge in [0.2, 0.25) is 0 Å². The average Bonchev–Trinajstić information content (AvgIpc) is 2.27. The largest absolute Gasteiger partial charge is 0.496 e. The number of halogens is 2. The fraction of sp³-hybridized carbons (Fsp3) is 0.364. The first-order chi connectivity index (χ1) is 7.63. The normalized spacial score (nSPS) is 10.0. The number of alkyl halides is 1. The molecule has 1 aromatic carbocycles. The van der Waals surface area contributed by atoms with Crippen molar-refractivity contribution in [3.05, 3.63) is 29.1 Å². The molecule has 0 heterocycles. The second-order valence-electron chi connectivity index (χ2n) is 3.01. The lowest BCUT2D eigenvalue weighted by atomic mass is 10.1. The maximum absolute atomic E-state index is 13.7. The number of rotatable bonds is 4. The van der Waals surface area contributed by atoms with Crippen molar-refractivity contribution in [2.45, 2.75) is 12.3 Å². The molecule has 1 rings (SSSR count). The van der Waals surface area contributed by atoms with Crippen molar-refractivity contribution in [1.82, 2.24) is 0 Å². The van der Waals surface area contributed by atoms with E-state index in [2.05, 4.69) is 15.9 Å². The maximum atomic E-state index is 13.7. The van der Waals surface area contributed by atoms with Crippen LogP contribution >= 0.6 is 15.9 Å². The molecule has 3 nitrogen and oxygen atoms in total. The molecule has 0 radical (unpaired) electrons. The molecular formula is C11H12BrFO3. The summed E-state index contributed by atoms with van der Waals surface area (Å²) < 4.78 is 23.4. The highest BCUT2D eigenvalue weighted by Crippen LogP contribution is 2.25. The monoisotopic (exact) mass is 290 g/mol. The molecule has 0 aliphatic carbocycles. The van der Waals surface area contributed by atoms with Gasteiger partial charge in [0.15, 0.2) is 0 Å². The van der Waals surface area contributed by atoms with Crippen molar-refractivity contribution < 1.29 is 18.7 Å². The molecule has 88 valence electrons. The van der Waals surface area contributed by atoms with Gasteiger partial charge in [0.05, 0.1) is 13.7 Å². The van der Waals surface area contributed by atoms with E-state index < -0.39 is 11.8 Å². The molecule has 0 aliphatic rings. The van der Waals surface area contributed by atoms with Gasteiger partial charge in [-0.1, -0.05) is 15.9 Å². The summed E-state index contributed by atoms with van der Waals surface area (Å²) in [4.78, 5) is 11.5. The van der Waals surface area contributed by atoms with Gasteiger partial charge in [0, 0.05) is 5.33 Å². The van der Waals surface area contributed by atoms with Gasteiger partial charge < -0.3 is 9.47 Å². The summed E-state index contributed by atoms with van der Waals surface area (Å²) in [5, 5.41) is 0.489. The van der Waals surface area contributed by atoms with Gasteiger partial charge in [-0.25, -0.2) is 9.18 Å². The maximum Gasteiger partial charge on any atom is 0.344 e. The fourth-order valence-electron chi connectivity index (χ4n) is 1.27. The molecule has 16 heavy (non-hydrogen) atoms. The summed E-state index contributed by atoms with van der Waals surface area (Å²) in [6.45, 7) is 1.86. The molecule has 0 bridgehead atoms. The Balaban J connectivity index is 3.21. The highest BCUT2D eigenvalue weighted by Gasteiger charge is 2.19. The van der Waals surface area contributed by atoms with E-state index in [4.69, 9.17) is 9.47 Å². The first-order valence-electron chi connectivity index (χ1n) is 4.73. The van der Waals surface area contributed by atoms with Crippen molar-refractivity contribution in [3.8, 4) is 5.75 Å². The summed E-state index contributed by atoms with van der Waals surface area (Å²) in [5.74, 6) is -1.15. The molecule has 1 aromatic rings. The zero-order valence-corrected chi connectivity index (χ0v) is 10.6. The third-order valence-electron chi connectivity index (χ3n) is 1.97. The molecule has 0 aliphatic heterocycles. The van der Waals surface area contributed by atoms with Crippen LogP contribution in [0.5, 0.6) is 5.75 Å². The number of hydrogen-bond donors (Lipinski definition) is 0. The van der Waals surface area contributed by atoms with Crippen LogP contribution in [0.15, 0.2) is 12.1 Å². The topological polar surface area (TPSA) is 35.5 Å². The van der Waals surface area contributed by atoms with Gasteiger partial charge in [-0.15, -0.1) is 0 Å². The minimum atomic E-state index is -0.710. The van der Waals surface area contributed by atoms with Crippen LogP contribution in [0.25, 0.3) is 0 Å². The number of methoxy groups -OCH3 is 1. The van der Waals surface area contributed by atoms with Crippen LogP contribution in [0.4, 0.5) is 4.39 Å². The predicted molar refractivity (Wildman–Crippen MR) is 61.5 cm³/mol. The van der Waals surface area contributed by atoms with Crippen LogP contribution < -0.4 is 4.74 Å². The Labute approximate surface area is 102 Å². The standard InChI is InChI=1S/C11H12BrFO3/c1-3-16-11(14)10-8(13)4-7(6-12)5-9(10)15-2/h4-5H,3,6H2,1-2H3. The Morgan fingerprint density at radius 1 is 1.50 bits per heavy atom. The van der Waals surface area contributed by atoms with Gasteiger partial charge in [-0.2, -0.15) is 0 Å². The molecule has 0 spiro atoms. The lowest BCUT2D eigenvalue weighted by molar-refractivity contribution is 0.0517. The highest BCUT2D eigenvalue weighted by molar-refractivity contribution is 9.08. The molecule has 0 saturated heterocycles. The van der Waals surface area contributed by atoms with Gasteiger partial charge in [-0.05, 0) is 24.6 Å². The quantitative estimate of drug-likeness (QED) is 0.632. The summed E-state index contributed by atoms with van der Waals surface area (Å²) in [5.41, 5.74) is 0.538. The van der Waals surface area contributed by atoms with E-state index >= 15 is 0 Å². The molecule has 0 atom stereocenters. The van der Waals surface area contributed by atoms with Crippen molar-refractivity contribution in [2.75, 3.05) is 13.7 Å². The lowest BCUT2D eigenvalue weighted by Gasteiger charge is -2.10. The Hall–Kier alpha value is -1.10. The fourth-order valence-corrected chi connectivity index (χ4v) is 1.60. The average molecular weight is 291 g/mol. The Kier molecular flexibility index (Phi) is 4.73. The van der Waals surface area contributed by atoms with E-state index in [1.807, 2.05) is 0 Å². The number of benzene rings is 1. The Bertz CT molecular complexity index is 393. The molecule has 0 saturated carbocycles. The first-order valence-corrected chi connectivity index (χ1v) is 5.85. The Morgan fingerprint density at radius 2 is 2.19 bits per heavy atom. The van der Waals surface area contributed by atoms with Crippen LogP contribution in [-0.4, -0.2) is 19.7 Å². The zero-order chi connectivity index (χ0) is 12.1. The number of ether oxygens (including phenoxy) is 2. The minimum absolute atomic E-state index is 0.158. The smallest absolute Gasteiger partial charge is 0.344 e. The number of hydrogen-bond acceptors (Lipinski definition) is 3. The van der Waals surface area contributed by atoms with Crippen molar-refractivity contribution in [2.24, 2.45) is 0 Å². The molecule has 0 fully saturated rings. The number of carbonyl (C=O) groups is 1. The molecule has 0 unspecified atom stereocenters. The van der Waals surface area contributed by atoms with Crippen molar-refractivity contribution >= 4 is 21.9 Å². The summed E-state index contributed by atoms with van der Waals surface area (Å²) in [6, 6.07) is 2.88. The predicted octanol–water partition coefficient (Wildman–Crippen LogP) is 2.91. The van der Waals surface area contributed by atoms with Crippen molar-refractivity contribution in [3.63, 3.8) is 0 Å². The van der Waals surface area contributed by atoms with E-state index in [1.165, 1.54) is 13.2 Å². The third kappa shape index (κ3) is 2.72. The van der Waals surface area contributed by atoms with E-state index in [-0.39, 0.29) is 17.9 Å². The van der Waals surface area contributed by atoms with Crippen molar-refractivity contribution in [1.29, 1.82) is 0 Å². The molecule has 0 amide bonds. The molecule has 5 heteroatoms. The molecule has 0 N–H and O–H groups in total. The highest BCUT2D eigenvalue weighted by atomic mass is 79.9. The third-order valence-corrected chi connectivity index (χ3v) is 2.62. The van der Waals surface area contributed by atoms with Crippen LogP contribution in [0.3, 0.4) is 0 Å². The zero-order valence-electron chi connectivity index (χ0n) is 9.05. The van der Waals surface area contributed by atoms with E-state index in [0.717, 1.165) is 0 Å². The summed E-state index contributed by atoms with van der Waals surface area (Å²) >= 11 is 3.21. The van der Waals surface area contributed by atoms with Crippen LogP contribution in [0, 0.1) is 5.82 Å². The lowest BCUT2D eigenvalue weighted by Crippen LogP contribution is -2.10. The van der Waals surface area contributed by atoms with Gasteiger partial charge >= 0.3 is 5.97 Å². The van der Waals surface area contributed by atoms with E-state index in [0.29, 0.717) is 10.9 Å². The van der Waals surface area contributed by atoms with Crippen LogP contribution in [0.2, 0.25) is 0 Å². The molecule has 0 aromatic heterocycles. The Morgan fingerprint density at radius 3 is 2.69 bits per heavy atom. The van der Waals surface area contributed by atoms with Gasteiger partial charge in [-0.3, -0.25) is 0 Å². The SMILES string of the molecule is CCOC(=O)c1c(F)cc(CBr)cc1OC. The van der Waals surface area contributed by atoms with E-state index in [1.54, 1.807) is 13.0 Å². The number of carbonyl (C=O) groups excluding carboxylic acids is 1. The minimum Gasteiger partial charge on any atom is -0.496 e. The summed E-state index contributed by atoms with van der Waals surface area (Å²) in [6.07, 6.45) is 0. The second kappa shape index (κ2) is 5.84. The first kappa shape index (κ1) is 13.0.